The lowest BCUT2D eigenvalue weighted by molar-refractivity contribution is -0.0268. The number of rotatable bonds is 7. The van der Waals surface area contributed by atoms with Crippen molar-refractivity contribution in [1.29, 1.82) is 0 Å². The van der Waals surface area contributed by atoms with Crippen molar-refractivity contribution in [2.75, 3.05) is 6.54 Å². The molecule has 2 nitrogen and oxygen atoms in total. The van der Waals surface area contributed by atoms with Gasteiger partial charge in [0, 0.05) is 12.6 Å². The summed E-state index contributed by atoms with van der Waals surface area (Å²) in [5.41, 5.74) is -0.0524. The van der Waals surface area contributed by atoms with Gasteiger partial charge in [0.2, 0.25) is 0 Å². The Labute approximate surface area is 126 Å². The Kier molecular flexibility index (Phi) is 6.53. The van der Waals surface area contributed by atoms with Crippen molar-refractivity contribution in [3.8, 4) is 0 Å². The van der Waals surface area contributed by atoms with Gasteiger partial charge < -0.3 is 10.4 Å². The lowest BCUT2D eigenvalue weighted by Gasteiger charge is -2.41. The van der Waals surface area contributed by atoms with E-state index in [4.69, 9.17) is 0 Å². The molecule has 1 aliphatic carbocycles. The van der Waals surface area contributed by atoms with Crippen LogP contribution in [0.15, 0.2) is 0 Å². The van der Waals surface area contributed by atoms with Crippen molar-refractivity contribution in [2.24, 2.45) is 17.3 Å². The summed E-state index contributed by atoms with van der Waals surface area (Å²) in [6.07, 6.45) is 6.60. The van der Waals surface area contributed by atoms with Crippen molar-refractivity contribution in [3.63, 3.8) is 0 Å². The summed E-state index contributed by atoms with van der Waals surface area (Å²) in [5, 5.41) is 14.4. The van der Waals surface area contributed by atoms with Gasteiger partial charge in [0.15, 0.2) is 0 Å². The minimum Gasteiger partial charge on any atom is -0.389 e. The number of aliphatic hydroxyl groups is 1. The Bertz CT molecular complexity index is 263. The molecule has 0 radical (unpaired) electrons. The Morgan fingerprint density at radius 2 is 1.35 bits per heavy atom. The van der Waals surface area contributed by atoms with Gasteiger partial charge in [0.25, 0.3) is 0 Å². The Morgan fingerprint density at radius 1 is 0.900 bits per heavy atom. The average molecular weight is 284 g/mol. The van der Waals surface area contributed by atoms with Gasteiger partial charge in [-0.05, 0) is 55.8 Å². The van der Waals surface area contributed by atoms with Crippen LogP contribution in [0.25, 0.3) is 0 Å². The van der Waals surface area contributed by atoms with Gasteiger partial charge in [-0.1, -0.05) is 41.5 Å². The molecule has 0 aliphatic heterocycles. The van der Waals surface area contributed by atoms with Crippen molar-refractivity contribution < 1.29 is 5.11 Å². The van der Waals surface area contributed by atoms with Gasteiger partial charge in [0.1, 0.15) is 0 Å². The Morgan fingerprint density at radius 3 is 1.75 bits per heavy atom. The van der Waals surface area contributed by atoms with Crippen molar-refractivity contribution in [3.05, 3.63) is 0 Å². The molecule has 1 saturated carbocycles. The molecule has 2 N–H and O–H groups in total. The molecule has 0 bridgehead atoms. The molecule has 0 heterocycles. The van der Waals surface area contributed by atoms with E-state index in [0.717, 1.165) is 32.2 Å². The maximum atomic E-state index is 10.8. The molecule has 0 atom stereocenters. The van der Waals surface area contributed by atoms with Gasteiger partial charge in [-0.2, -0.15) is 0 Å². The van der Waals surface area contributed by atoms with Gasteiger partial charge in [-0.25, -0.2) is 0 Å². The average Bonchev–Trinajstić information content (AvgIpc) is 2.30. The van der Waals surface area contributed by atoms with E-state index in [1.807, 2.05) is 0 Å². The molecule has 0 spiro atoms. The maximum absolute atomic E-state index is 10.8. The van der Waals surface area contributed by atoms with Crippen LogP contribution in [0.3, 0.4) is 0 Å². The van der Waals surface area contributed by atoms with E-state index in [-0.39, 0.29) is 0 Å². The monoisotopic (exact) mass is 283 g/mol. The second kappa shape index (κ2) is 7.26. The van der Waals surface area contributed by atoms with Gasteiger partial charge >= 0.3 is 0 Å². The molecule has 0 aromatic heterocycles. The van der Waals surface area contributed by atoms with Crippen LogP contribution in [0.1, 0.15) is 80.1 Å². The lowest BCUT2D eigenvalue weighted by atomic mass is 9.71. The fourth-order valence-electron chi connectivity index (χ4n) is 3.30. The molecule has 0 saturated heterocycles. The van der Waals surface area contributed by atoms with E-state index in [1.54, 1.807) is 0 Å². The number of nitrogens with one attached hydrogen (secondary N) is 1. The predicted molar refractivity (Wildman–Crippen MR) is 87.9 cm³/mol. The molecular formula is C18H37NO. The first-order chi connectivity index (χ1) is 9.12. The van der Waals surface area contributed by atoms with Gasteiger partial charge in [-0.15, -0.1) is 0 Å². The van der Waals surface area contributed by atoms with E-state index >= 15 is 0 Å². The zero-order valence-corrected chi connectivity index (χ0v) is 14.6. The zero-order valence-electron chi connectivity index (χ0n) is 14.6. The summed E-state index contributed by atoms with van der Waals surface area (Å²) < 4.78 is 0. The molecule has 1 rings (SSSR count). The molecule has 1 fully saturated rings. The summed E-state index contributed by atoms with van der Waals surface area (Å²) >= 11 is 0. The molecule has 0 amide bonds. The summed E-state index contributed by atoms with van der Waals surface area (Å²) in [5.74, 6) is 1.43. The second-order valence-corrected chi connectivity index (χ2v) is 8.73. The van der Waals surface area contributed by atoms with Crippen LogP contribution in [-0.2, 0) is 0 Å². The van der Waals surface area contributed by atoms with E-state index in [2.05, 4.69) is 46.9 Å². The standard InChI is InChI=1S/C18H37NO/c1-14(2)11-16(12-15(3)4)19-13-18(20)9-7-17(5,6)8-10-18/h14-16,19-20H,7-13H2,1-6H3. The molecule has 0 unspecified atom stereocenters. The summed E-state index contributed by atoms with van der Waals surface area (Å²) in [6.45, 7) is 14.5. The molecule has 20 heavy (non-hydrogen) atoms. The van der Waals surface area contributed by atoms with Gasteiger partial charge in [-0.3, -0.25) is 0 Å². The minimum atomic E-state index is -0.471. The molecule has 0 aromatic rings. The first-order valence-corrected chi connectivity index (χ1v) is 8.58. The third-order valence-electron chi connectivity index (χ3n) is 4.77. The normalized spacial score (nSPS) is 21.9. The smallest absolute Gasteiger partial charge is 0.0772 e. The number of hydrogen-bond acceptors (Lipinski definition) is 2. The topological polar surface area (TPSA) is 32.3 Å². The molecule has 0 aromatic carbocycles. The third kappa shape index (κ3) is 6.58. The van der Waals surface area contributed by atoms with Crippen molar-refractivity contribution in [2.45, 2.75) is 91.7 Å². The third-order valence-corrected chi connectivity index (χ3v) is 4.77. The van der Waals surface area contributed by atoms with Crippen LogP contribution in [0.5, 0.6) is 0 Å². The summed E-state index contributed by atoms with van der Waals surface area (Å²) in [7, 11) is 0. The van der Waals surface area contributed by atoms with Gasteiger partial charge in [0.05, 0.1) is 5.60 Å². The fourth-order valence-corrected chi connectivity index (χ4v) is 3.30. The highest BCUT2D eigenvalue weighted by Gasteiger charge is 2.36. The minimum absolute atomic E-state index is 0.418. The molecule has 1 aliphatic rings. The van der Waals surface area contributed by atoms with E-state index in [9.17, 15) is 5.11 Å². The first-order valence-electron chi connectivity index (χ1n) is 8.58. The van der Waals surface area contributed by atoms with E-state index in [0.29, 0.717) is 23.3 Å². The van der Waals surface area contributed by atoms with Crippen LogP contribution >= 0.6 is 0 Å². The van der Waals surface area contributed by atoms with E-state index < -0.39 is 5.60 Å². The largest absolute Gasteiger partial charge is 0.389 e. The Hall–Kier alpha value is -0.0800. The van der Waals surface area contributed by atoms with Crippen molar-refractivity contribution >= 4 is 0 Å². The second-order valence-electron chi connectivity index (χ2n) is 8.73. The zero-order chi connectivity index (χ0) is 15.4. The van der Waals surface area contributed by atoms with E-state index in [1.165, 1.54) is 12.8 Å². The molecule has 2 heteroatoms. The highest BCUT2D eigenvalue weighted by molar-refractivity contribution is 4.91. The van der Waals surface area contributed by atoms with Crippen LogP contribution in [0, 0.1) is 17.3 Å². The van der Waals surface area contributed by atoms with Crippen molar-refractivity contribution in [1.82, 2.24) is 5.32 Å². The summed E-state index contributed by atoms with van der Waals surface area (Å²) in [6, 6.07) is 0.550. The fraction of sp³-hybridized carbons (Fsp3) is 1.00. The highest BCUT2D eigenvalue weighted by Crippen LogP contribution is 2.39. The highest BCUT2D eigenvalue weighted by atomic mass is 16.3. The predicted octanol–water partition coefficient (Wildman–Crippen LogP) is 4.37. The lowest BCUT2D eigenvalue weighted by Crippen LogP contribution is -2.48. The number of hydrogen-bond donors (Lipinski definition) is 2. The van der Waals surface area contributed by atoms with Crippen LogP contribution in [0.2, 0.25) is 0 Å². The summed E-state index contributed by atoms with van der Waals surface area (Å²) in [4.78, 5) is 0. The van der Waals surface area contributed by atoms with Crippen LogP contribution < -0.4 is 5.32 Å². The maximum Gasteiger partial charge on any atom is 0.0772 e. The van der Waals surface area contributed by atoms with Crippen LogP contribution in [-0.4, -0.2) is 23.3 Å². The first kappa shape index (κ1) is 18.0. The quantitative estimate of drug-likeness (QED) is 0.727. The Balaban J connectivity index is 2.45. The molecule has 120 valence electrons. The van der Waals surface area contributed by atoms with Crippen LogP contribution in [0.4, 0.5) is 0 Å². The SMILES string of the molecule is CC(C)CC(CC(C)C)NCC1(O)CCC(C)(C)CC1. The molecular weight excluding hydrogens is 246 g/mol.